The van der Waals surface area contributed by atoms with Gasteiger partial charge >= 0.3 is 0 Å². The quantitative estimate of drug-likeness (QED) is 0.829. The van der Waals surface area contributed by atoms with Crippen molar-refractivity contribution in [3.8, 4) is 0 Å². The summed E-state index contributed by atoms with van der Waals surface area (Å²) < 4.78 is 30.7. The Kier molecular flexibility index (Phi) is 5.84. The van der Waals surface area contributed by atoms with Gasteiger partial charge in [-0.05, 0) is 18.2 Å². The summed E-state index contributed by atoms with van der Waals surface area (Å²) in [6.07, 6.45) is -0.917. The summed E-state index contributed by atoms with van der Waals surface area (Å²) in [7, 11) is -2.34. The van der Waals surface area contributed by atoms with Gasteiger partial charge in [-0.3, -0.25) is 0 Å². The fourth-order valence-corrected chi connectivity index (χ4v) is 3.02. The summed E-state index contributed by atoms with van der Waals surface area (Å²) in [6, 6.07) is 3.98. The van der Waals surface area contributed by atoms with Gasteiger partial charge < -0.3 is 9.84 Å². The molecule has 1 atom stereocenters. The molecule has 5 nitrogen and oxygen atoms in total. The summed E-state index contributed by atoms with van der Waals surface area (Å²) in [4.78, 5) is -0.0513. The van der Waals surface area contributed by atoms with Gasteiger partial charge in [0.05, 0.1) is 17.6 Å². The van der Waals surface area contributed by atoms with Crippen LogP contribution < -0.4 is 4.72 Å². The molecule has 0 bridgehead atoms. The molecule has 1 rings (SSSR count). The number of halogens is 2. The molecule has 0 fully saturated rings. The van der Waals surface area contributed by atoms with E-state index in [1.54, 1.807) is 0 Å². The molecule has 0 saturated heterocycles. The van der Waals surface area contributed by atoms with E-state index in [-0.39, 0.29) is 28.1 Å². The van der Waals surface area contributed by atoms with Crippen molar-refractivity contribution in [2.45, 2.75) is 11.0 Å². The van der Waals surface area contributed by atoms with Gasteiger partial charge in [-0.15, -0.1) is 0 Å². The normalized spacial score (nSPS) is 13.6. The Labute approximate surface area is 116 Å². The summed E-state index contributed by atoms with van der Waals surface area (Å²) in [5, 5.41) is 9.81. The standard InChI is InChI=1S/C10H13Cl2NO4S/c1-17-6-9(14)5-13-18(15,16)10-3-7(11)2-8(12)4-10/h2-4,9,13-14H,5-6H2,1H3. The first-order valence-electron chi connectivity index (χ1n) is 4.98. The minimum atomic E-state index is -3.75. The van der Waals surface area contributed by atoms with Crippen molar-refractivity contribution in [2.75, 3.05) is 20.3 Å². The van der Waals surface area contributed by atoms with E-state index < -0.39 is 16.1 Å². The average molecular weight is 314 g/mol. The number of sulfonamides is 1. The van der Waals surface area contributed by atoms with Crippen molar-refractivity contribution in [3.05, 3.63) is 28.2 Å². The van der Waals surface area contributed by atoms with Gasteiger partial charge in [-0.2, -0.15) is 0 Å². The van der Waals surface area contributed by atoms with Crippen molar-refractivity contribution >= 4 is 33.2 Å². The van der Waals surface area contributed by atoms with Crippen LogP contribution in [0.5, 0.6) is 0 Å². The molecule has 102 valence electrons. The average Bonchev–Trinajstić information content (AvgIpc) is 2.26. The molecule has 1 aromatic rings. The zero-order chi connectivity index (χ0) is 13.8. The van der Waals surface area contributed by atoms with E-state index in [0.29, 0.717) is 0 Å². The van der Waals surface area contributed by atoms with E-state index in [1.165, 1.54) is 25.3 Å². The second-order valence-corrected chi connectivity index (χ2v) is 6.21. The van der Waals surface area contributed by atoms with Crippen LogP contribution in [0.1, 0.15) is 0 Å². The second-order valence-electron chi connectivity index (χ2n) is 3.57. The molecule has 0 aromatic heterocycles. The number of aliphatic hydroxyl groups excluding tert-OH is 1. The third-order valence-electron chi connectivity index (χ3n) is 2.01. The number of rotatable bonds is 6. The molecule has 8 heteroatoms. The molecule has 0 aliphatic carbocycles. The smallest absolute Gasteiger partial charge is 0.240 e. The maximum absolute atomic E-state index is 11.9. The molecular formula is C10H13Cl2NO4S. The van der Waals surface area contributed by atoms with Gasteiger partial charge in [0.2, 0.25) is 10.0 Å². The Hall–Kier alpha value is -0.370. The second kappa shape index (κ2) is 6.70. The number of aliphatic hydroxyl groups is 1. The van der Waals surface area contributed by atoms with Crippen LogP contribution in [0, 0.1) is 0 Å². The van der Waals surface area contributed by atoms with Crippen LogP contribution in [0.4, 0.5) is 0 Å². The molecule has 0 spiro atoms. The number of benzene rings is 1. The fraction of sp³-hybridized carbons (Fsp3) is 0.400. The summed E-state index contributed by atoms with van der Waals surface area (Å²) in [5.41, 5.74) is 0. The molecule has 2 N–H and O–H groups in total. The topological polar surface area (TPSA) is 75.6 Å². The number of hydrogen-bond acceptors (Lipinski definition) is 4. The van der Waals surface area contributed by atoms with Crippen LogP contribution in [-0.4, -0.2) is 39.9 Å². The fourth-order valence-electron chi connectivity index (χ4n) is 1.22. The number of ether oxygens (including phenoxy) is 1. The Morgan fingerprint density at radius 2 is 1.89 bits per heavy atom. The van der Waals surface area contributed by atoms with Crippen LogP contribution in [0.3, 0.4) is 0 Å². The lowest BCUT2D eigenvalue weighted by Crippen LogP contribution is -2.34. The maximum atomic E-state index is 11.9. The molecule has 0 amide bonds. The molecule has 0 saturated carbocycles. The zero-order valence-corrected chi connectivity index (χ0v) is 11.9. The Bertz CT molecular complexity index is 486. The lowest BCUT2D eigenvalue weighted by atomic mass is 10.4. The van der Waals surface area contributed by atoms with Gasteiger partial charge in [0, 0.05) is 23.7 Å². The highest BCUT2D eigenvalue weighted by Crippen LogP contribution is 2.22. The summed E-state index contributed by atoms with van der Waals surface area (Å²) in [5.74, 6) is 0. The first-order chi connectivity index (χ1) is 8.35. The largest absolute Gasteiger partial charge is 0.389 e. The molecule has 0 radical (unpaired) electrons. The number of nitrogens with one attached hydrogen (secondary N) is 1. The van der Waals surface area contributed by atoms with Gasteiger partial charge in [0.25, 0.3) is 0 Å². The van der Waals surface area contributed by atoms with Crippen molar-refractivity contribution in [1.29, 1.82) is 0 Å². The Morgan fingerprint density at radius 3 is 2.39 bits per heavy atom. The lowest BCUT2D eigenvalue weighted by molar-refractivity contribution is 0.0679. The number of hydrogen-bond donors (Lipinski definition) is 2. The maximum Gasteiger partial charge on any atom is 0.240 e. The van der Waals surface area contributed by atoms with Gasteiger partial charge in [0.1, 0.15) is 0 Å². The highest BCUT2D eigenvalue weighted by atomic mass is 35.5. The highest BCUT2D eigenvalue weighted by Gasteiger charge is 2.17. The van der Waals surface area contributed by atoms with Gasteiger partial charge in [0.15, 0.2) is 0 Å². The van der Waals surface area contributed by atoms with Crippen molar-refractivity contribution in [3.63, 3.8) is 0 Å². The molecule has 18 heavy (non-hydrogen) atoms. The van der Waals surface area contributed by atoms with E-state index in [1.807, 2.05) is 0 Å². The van der Waals surface area contributed by atoms with E-state index >= 15 is 0 Å². The Morgan fingerprint density at radius 1 is 1.33 bits per heavy atom. The lowest BCUT2D eigenvalue weighted by Gasteiger charge is -2.11. The minimum Gasteiger partial charge on any atom is -0.389 e. The van der Waals surface area contributed by atoms with Crippen LogP contribution >= 0.6 is 23.2 Å². The first kappa shape index (κ1) is 15.7. The van der Waals surface area contributed by atoms with Crippen LogP contribution in [-0.2, 0) is 14.8 Å². The van der Waals surface area contributed by atoms with Gasteiger partial charge in [-0.1, -0.05) is 23.2 Å². The predicted octanol–water partition coefficient (Wildman–Crippen LogP) is 1.28. The monoisotopic (exact) mass is 313 g/mol. The molecular weight excluding hydrogens is 301 g/mol. The van der Waals surface area contributed by atoms with E-state index in [0.717, 1.165) is 0 Å². The van der Waals surface area contributed by atoms with Crippen LogP contribution in [0.2, 0.25) is 10.0 Å². The first-order valence-corrected chi connectivity index (χ1v) is 7.22. The number of methoxy groups -OCH3 is 1. The third kappa shape index (κ3) is 4.72. The summed E-state index contributed by atoms with van der Waals surface area (Å²) >= 11 is 11.4. The SMILES string of the molecule is COCC(O)CNS(=O)(=O)c1cc(Cl)cc(Cl)c1. The van der Waals surface area contributed by atoms with Crippen LogP contribution in [0.15, 0.2) is 23.1 Å². The van der Waals surface area contributed by atoms with Crippen molar-refractivity contribution in [1.82, 2.24) is 4.72 Å². The minimum absolute atomic E-state index is 0.0405. The molecule has 0 heterocycles. The van der Waals surface area contributed by atoms with E-state index in [2.05, 4.69) is 9.46 Å². The van der Waals surface area contributed by atoms with E-state index in [9.17, 15) is 13.5 Å². The highest BCUT2D eigenvalue weighted by molar-refractivity contribution is 7.89. The zero-order valence-electron chi connectivity index (χ0n) is 9.56. The predicted molar refractivity (Wildman–Crippen MR) is 69.5 cm³/mol. The molecule has 1 aromatic carbocycles. The van der Waals surface area contributed by atoms with Crippen molar-refractivity contribution in [2.24, 2.45) is 0 Å². The van der Waals surface area contributed by atoms with E-state index in [4.69, 9.17) is 23.2 Å². The third-order valence-corrected chi connectivity index (χ3v) is 3.85. The van der Waals surface area contributed by atoms with Gasteiger partial charge in [-0.25, -0.2) is 13.1 Å². The van der Waals surface area contributed by atoms with Crippen LogP contribution in [0.25, 0.3) is 0 Å². The Balaban J connectivity index is 2.80. The molecule has 0 aliphatic heterocycles. The summed E-state index contributed by atoms with van der Waals surface area (Å²) in [6.45, 7) is -0.112. The molecule has 1 unspecified atom stereocenters. The van der Waals surface area contributed by atoms with Crippen molar-refractivity contribution < 1.29 is 18.3 Å². The molecule has 0 aliphatic rings.